The fourth-order valence-corrected chi connectivity index (χ4v) is 3.01. The lowest BCUT2D eigenvalue weighted by Crippen LogP contribution is -2.18. The Morgan fingerprint density at radius 1 is 0.655 bits per heavy atom. The van der Waals surface area contributed by atoms with Crippen LogP contribution in [0.3, 0.4) is 0 Å². The molecular weight excluding hydrogens is 364 g/mol. The summed E-state index contributed by atoms with van der Waals surface area (Å²) in [5, 5.41) is 0. The van der Waals surface area contributed by atoms with Crippen molar-refractivity contribution in [1.82, 2.24) is 0 Å². The van der Waals surface area contributed by atoms with Crippen LogP contribution >= 0.6 is 0 Å². The van der Waals surface area contributed by atoms with Crippen LogP contribution in [0.4, 0.5) is 0 Å². The fraction of sp³-hybridized carbons (Fsp3) is 0.200. The first-order valence-electron chi connectivity index (χ1n) is 9.67. The molecule has 0 spiro atoms. The van der Waals surface area contributed by atoms with Gasteiger partial charge in [-0.2, -0.15) is 0 Å². The second-order valence-corrected chi connectivity index (χ2v) is 6.74. The van der Waals surface area contributed by atoms with Crippen LogP contribution in [0.5, 0.6) is 0 Å². The SMILES string of the molecule is O=C(CC[C@H](C(=O)OCc1ccccc1)c1ccccc1)OCc1ccccc1. The van der Waals surface area contributed by atoms with Crippen molar-refractivity contribution in [2.24, 2.45) is 0 Å². The quantitative estimate of drug-likeness (QED) is 0.482. The van der Waals surface area contributed by atoms with Gasteiger partial charge in [0.15, 0.2) is 0 Å². The molecule has 0 unspecified atom stereocenters. The first-order valence-corrected chi connectivity index (χ1v) is 9.67. The van der Waals surface area contributed by atoms with Crippen molar-refractivity contribution in [3.8, 4) is 0 Å². The van der Waals surface area contributed by atoms with Gasteiger partial charge in [-0.05, 0) is 23.1 Å². The molecule has 3 aromatic carbocycles. The molecule has 0 radical (unpaired) electrons. The monoisotopic (exact) mass is 388 g/mol. The van der Waals surface area contributed by atoms with Crippen molar-refractivity contribution in [2.45, 2.75) is 32.0 Å². The molecule has 4 heteroatoms. The van der Waals surface area contributed by atoms with E-state index in [0.717, 1.165) is 16.7 Å². The molecule has 3 aromatic rings. The van der Waals surface area contributed by atoms with Gasteiger partial charge in [0, 0.05) is 6.42 Å². The maximum Gasteiger partial charge on any atom is 0.313 e. The molecule has 0 saturated heterocycles. The third-order valence-corrected chi connectivity index (χ3v) is 4.59. The molecule has 3 rings (SSSR count). The fourth-order valence-electron chi connectivity index (χ4n) is 3.01. The molecule has 0 aromatic heterocycles. The molecule has 0 heterocycles. The van der Waals surface area contributed by atoms with Gasteiger partial charge in [-0.3, -0.25) is 9.59 Å². The predicted molar refractivity (Wildman–Crippen MR) is 111 cm³/mol. The van der Waals surface area contributed by atoms with Gasteiger partial charge in [-0.25, -0.2) is 0 Å². The molecular formula is C25H24O4. The summed E-state index contributed by atoms with van der Waals surface area (Å²) in [5.74, 6) is -1.18. The number of carbonyl (C=O) groups excluding carboxylic acids is 2. The average Bonchev–Trinajstić information content (AvgIpc) is 2.78. The molecule has 1 atom stereocenters. The summed E-state index contributed by atoms with van der Waals surface area (Å²) in [6.07, 6.45) is 0.484. The summed E-state index contributed by atoms with van der Waals surface area (Å²) in [4.78, 5) is 24.9. The third-order valence-electron chi connectivity index (χ3n) is 4.59. The van der Waals surface area contributed by atoms with Crippen LogP contribution in [-0.2, 0) is 32.3 Å². The van der Waals surface area contributed by atoms with Crippen molar-refractivity contribution in [3.05, 3.63) is 108 Å². The van der Waals surface area contributed by atoms with Gasteiger partial charge in [-0.1, -0.05) is 91.0 Å². The van der Waals surface area contributed by atoms with Gasteiger partial charge in [-0.15, -0.1) is 0 Å². The Hall–Kier alpha value is -3.40. The molecule has 0 bridgehead atoms. The molecule has 0 aliphatic carbocycles. The lowest BCUT2D eigenvalue weighted by atomic mass is 9.94. The Morgan fingerprint density at radius 3 is 1.69 bits per heavy atom. The van der Waals surface area contributed by atoms with E-state index in [0.29, 0.717) is 6.42 Å². The molecule has 29 heavy (non-hydrogen) atoms. The van der Waals surface area contributed by atoms with Crippen LogP contribution in [0.2, 0.25) is 0 Å². The highest BCUT2D eigenvalue weighted by Crippen LogP contribution is 2.24. The van der Waals surface area contributed by atoms with Gasteiger partial charge in [0.25, 0.3) is 0 Å². The smallest absolute Gasteiger partial charge is 0.313 e. The summed E-state index contributed by atoms with van der Waals surface area (Å²) in [6, 6.07) is 28.5. The van der Waals surface area contributed by atoms with Crippen LogP contribution < -0.4 is 0 Å². The van der Waals surface area contributed by atoms with Crippen LogP contribution in [0.15, 0.2) is 91.0 Å². The van der Waals surface area contributed by atoms with Gasteiger partial charge in [0.05, 0.1) is 5.92 Å². The van der Waals surface area contributed by atoms with Crippen molar-refractivity contribution < 1.29 is 19.1 Å². The van der Waals surface area contributed by atoms with E-state index in [1.165, 1.54) is 0 Å². The lowest BCUT2D eigenvalue weighted by Gasteiger charge is -2.16. The van der Waals surface area contributed by atoms with Crippen molar-refractivity contribution in [1.29, 1.82) is 0 Å². The van der Waals surface area contributed by atoms with Gasteiger partial charge in [0.2, 0.25) is 0 Å². The highest BCUT2D eigenvalue weighted by molar-refractivity contribution is 5.79. The Labute approximate surface area is 171 Å². The normalized spacial score (nSPS) is 11.4. The minimum Gasteiger partial charge on any atom is -0.461 e. The van der Waals surface area contributed by atoms with Gasteiger partial charge < -0.3 is 9.47 Å². The number of hydrogen-bond donors (Lipinski definition) is 0. The van der Waals surface area contributed by atoms with Crippen LogP contribution in [-0.4, -0.2) is 11.9 Å². The maximum absolute atomic E-state index is 12.7. The predicted octanol–water partition coefficient (Wildman–Crippen LogP) is 5.04. The van der Waals surface area contributed by atoms with E-state index < -0.39 is 5.92 Å². The highest BCUT2D eigenvalue weighted by atomic mass is 16.5. The van der Waals surface area contributed by atoms with E-state index in [1.807, 2.05) is 91.0 Å². The number of esters is 2. The number of carbonyl (C=O) groups is 2. The van der Waals surface area contributed by atoms with Crippen molar-refractivity contribution in [2.75, 3.05) is 0 Å². The minimum absolute atomic E-state index is 0.146. The molecule has 4 nitrogen and oxygen atoms in total. The largest absolute Gasteiger partial charge is 0.461 e. The number of ether oxygens (including phenoxy) is 2. The zero-order chi connectivity index (χ0) is 20.3. The van der Waals surface area contributed by atoms with E-state index in [1.54, 1.807) is 0 Å². The first kappa shape index (κ1) is 20.3. The van der Waals surface area contributed by atoms with Crippen molar-refractivity contribution in [3.63, 3.8) is 0 Å². The van der Waals surface area contributed by atoms with Crippen LogP contribution in [0.25, 0.3) is 0 Å². The number of rotatable bonds is 9. The van der Waals surface area contributed by atoms with Crippen molar-refractivity contribution >= 4 is 11.9 Å². The Morgan fingerprint density at radius 2 is 1.14 bits per heavy atom. The Kier molecular flexibility index (Phi) is 7.58. The second-order valence-electron chi connectivity index (χ2n) is 6.74. The topological polar surface area (TPSA) is 52.6 Å². The second kappa shape index (κ2) is 10.8. The molecule has 148 valence electrons. The van der Waals surface area contributed by atoms with Crippen LogP contribution in [0, 0.1) is 0 Å². The third kappa shape index (κ3) is 6.61. The van der Waals surface area contributed by atoms with E-state index in [4.69, 9.17) is 9.47 Å². The summed E-state index contributed by atoms with van der Waals surface area (Å²) >= 11 is 0. The van der Waals surface area contributed by atoms with Gasteiger partial charge in [0.1, 0.15) is 13.2 Å². The molecule has 0 aliphatic heterocycles. The van der Waals surface area contributed by atoms with Gasteiger partial charge >= 0.3 is 11.9 Å². The van der Waals surface area contributed by atoms with E-state index >= 15 is 0 Å². The molecule has 0 aliphatic rings. The molecule has 0 amide bonds. The zero-order valence-electron chi connectivity index (χ0n) is 16.2. The number of benzene rings is 3. The Bertz CT molecular complexity index is 892. The maximum atomic E-state index is 12.7. The van der Waals surface area contributed by atoms with E-state index in [9.17, 15) is 9.59 Å². The molecule has 0 fully saturated rings. The summed E-state index contributed by atoms with van der Waals surface area (Å²) in [6.45, 7) is 0.440. The lowest BCUT2D eigenvalue weighted by molar-refractivity contribution is -0.148. The average molecular weight is 388 g/mol. The van der Waals surface area contributed by atoms with E-state index in [2.05, 4.69) is 0 Å². The minimum atomic E-state index is -0.510. The van der Waals surface area contributed by atoms with E-state index in [-0.39, 0.29) is 31.6 Å². The molecule has 0 saturated carbocycles. The number of hydrogen-bond acceptors (Lipinski definition) is 4. The summed E-state index contributed by atoms with van der Waals surface area (Å²) < 4.78 is 10.8. The standard InChI is InChI=1S/C25H24O4/c26-24(28-18-20-10-4-1-5-11-20)17-16-23(22-14-8-3-9-15-22)25(27)29-19-21-12-6-2-7-13-21/h1-15,23H,16-19H2/t23-/m0/s1. The summed E-state index contributed by atoms with van der Waals surface area (Å²) in [5.41, 5.74) is 2.69. The Balaban J connectivity index is 1.57. The van der Waals surface area contributed by atoms with Crippen LogP contribution in [0.1, 0.15) is 35.4 Å². The zero-order valence-corrected chi connectivity index (χ0v) is 16.2. The summed E-state index contributed by atoms with van der Waals surface area (Å²) in [7, 11) is 0. The first-order chi connectivity index (χ1) is 14.2. The highest BCUT2D eigenvalue weighted by Gasteiger charge is 2.23. The molecule has 0 N–H and O–H groups in total.